The lowest BCUT2D eigenvalue weighted by atomic mass is 10.2. The second-order valence-electron chi connectivity index (χ2n) is 2.02. The van der Waals surface area contributed by atoms with Crippen molar-refractivity contribution < 1.29 is 0 Å². The summed E-state index contributed by atoms with van der Waals surface area (Å²) in [6.45, 7) is 0. The van der Waals surface area contributed by atoms with Crippen molar-refractivity contribution in [2.45, 2.75) is 0 Å². The normalized spacial score (nSPS) is 11.7. The van der Waals surface area contributed by atoms with E-state index in [1.165, 1.54) is 0 Å². The van der Waals surface area contributed by atoms with Gasteiger partial charge in [-0.15, -0.1) is 0 Å². The van der Waals surface area contributed by atoms with Gasteiger partial charge in [-0.1, -0.05) is 39.7 Å². The summed E-state index contributed by atoms with van der Waals surface area (Å²) in [5.41, 5.74) is 0.942. The van der Waals surface area contributed by atoms with E-state index < -0.39 is 0 Å². The highest BCUT2D eigenvalue weighted by atomic mass is 79.9. The number of halogens is 2. The van der Waals surface area contributed by atoms with Crippen LogP contribution in [-0.4, -0.2) is 12.2 Å². The van der Waals surface area contributed by atoms with Gasteiger partial charge in [0.25, 0.3) is 0 Å². The van der Waals surface area contributed by atoms with Crippen molar-refractivity contribution in [2.24, 2.45) is 4.99 Å². The Labute approximate surface area is 79.2 Å². The molecule has 0 aromatic heterocycles. The van der Waals surface area contributed by atoms with Crippen LogP contribution < -0.4 is 0 Å². The molecule has 3 heteroatoms. The molecule has 1 rings (SSSR count). The predicted octanol–water partition coefficient (Wildman–Crippen LogP) is 3.06. The standard InChI is InChI=1S/C8H7BrClN/c1-11-8(10)6-2-4-7(9)5-3-6/h2-5H,1H3. The van der Waals surface area contributed by atoms with Gasteiger partial charge in [0.05, 0.1) is 0 Å². The van der Waals surface area contributed by atoms with Gasteiger partial charge in [-0.3, -0.25) is 4.99 Å². The molecule has 1 nitrogen and oxygen atoms in total. The molecule has 58 valence electrons. The minimum atomic E-state index is 0.539. The number of nitrogens with zero attached hydrogens (tertiary/aromatic N) is 1. The SMILES string of the molecule is CN=C(Cl)c1ccc(Br)cc1. The summed E-state index contributed by atoms with van der Waals surface area (Å²) >= 11 is 9.11. The zero-order valence-electron chi connectivity index (χ0n) is 6.01. The van der Waals surface area contributed by atoms with Gasteiger partial charge in [0, 0.05) is 17.1 Å². The van der Waals surface area contributed by atoms with E-state index in [2.05, 4.69) is 20.9 Å². The Morgan fingerprint density at radius 2 is 1.91 bits per heavy atom. The first-order valence-corrected chi connectivity index (χ1v) is 4.29. The van der Waals surface area contributed by atoms with Crippen molar-refractivity contribution in [2.75, 3.05) is 7.05 Å². The molecule has 0 heterocycles. The molecule has 0 amide bonds. The minimum absolute atomic E-state index is 0.539. The van der Waals surface area contributed by atoms with Gasteiger partial charge in [-0.2, -0.15) is 0 Å². The number of rotatable bonds is 1. The van der Waals surface area contributed by atoms with E-state index in [9.17, 15) is 0 Å². The van der Waals surface area contributed by atoms with E-state index in [4.69, 9.17) is 11.6 Å². The van der Waals surface area contributed by atoms with Gasteiger partial charge >= 0.3 is 0 Å². The van der Waals surface area contributed by atoms with Gasteiger partial charge in [0.15, 0.2) is 0 Å². The fraction of sp³-hybridized carbons (Fsp3) is 0.125. The first-order chi connectivity index (χ1) is 5.24. The molecular formula is C8H7BrClN. The lowest BCUT2D eigenvalue weighted by molar-refractivity contribution is 1.45. The highest BCUT2D eigenvalue weighted by Crippen LogP contribution is 2.12. The average Bonchev–Trinajstić information content (AvgIpc) is 2.05. The van der Waals surface area contributed by atoms with Crippen LogP contribution in [0.25, 0.3) is 0 Å². The quantitative estimate of drug-likeness (QED) is 0.660. The van der Waals surface area contributed by atoms with Crippen LogP contribution in [0.2, 0.25) is 0 Å². The van der Waals surface area contributed by atoms with E-state index >= 15 is 0 Å². The van der Waals surface area contributed by atoms with Crippen LogP contribution in [0.4, 0.5) is 0 Å². The highest BCUT2D eigenvalue weighted by Gasteiger charge is 1.96. The van der Waals surface area contributed by atoms with Crippen LogP contribution in [0.5, 0.6) is 0 Å². The van der Waals surface area contributed by atoms with E-state index in [1.54, 1.807) is 7.05 Å². The first-order valence-electron chi connectivity index (χ1n) is 3.12. The summed E-state index contributed by atoms with van der Waals surface area (Å²) < 4.78 is 1.04. The molecule has 0 aliphatic rings. The molecule has 1 aromatic rings. The molecule has 11 heavy (non-hydrogen) atoms. The summed E-state index contributed by atoms with van der Waals surface area (Å²) in [7, 11) is 1.67. The molecule has 0 saturated carbocycles. The number of aliphatic imine (C=N–C) groups is 1. The number of benzene rings is 1. The zero-order valence-corrected chi connectivity index (χ0v) is 8.35. The maximum atomic E-state index is 5.78. The molecule has 0 aliphatic carbocycles. The summed E-state index contributed by atoms with van der Waals surface area (Å²) in [5.74, 6) is 0. The Morgan fingerprint density at radius 1 is 1.36 bits per heavy atom. The minimum Gasteiger partial charge on any atom is -0.276 e. The third kappa shape index (κ3) is 2.31. The van der Waals surface area contributed by atoms with E-state index in [0.717, 1.165) is 10.0 Å². The van der Waals surface area contributed by atoms with Crippen LogP contribution in [0.1, 0.15) is 5.56 Å². The molecule has 0 bridgehead atoms. The van der Waals surface area contributed by atoms with Gasteiger partial charge in [0.1, 0.15) is 5.17 Å². The smallest absolute Gasteiger partial charge is 0.130 e. The summed E-state index contributed by atoms with van der Waals surface area (Å²) in [6, 6.07) is 7.70. The molecule has 0 saturated heterocycles. The fourth-order valence-electron chi connectivity index (χ4n) is 0.717. The Morgan fingerprint density at radius 3 is 2.36 bits per heavy atom. The lowest BCUT2D eigenvalue weighted by Gasteiger charge is -1.95. The van der Waals surface area contributed by atoms with Crippen molar-refractivity contribution >= 4 is 32.7 Å². The lowest BCUT2D eigenvalue weighted by Crippen LogP contribution is -1.88. The topological polar surface area (TPSA) is 12.4 Å². The Hall–Kier alpha value is -0.340. The molecule has 0 unspecified atom stereocenters. The Balaban J connectivity index is 2.99. The van der Waals surface area contributed by atoms with E-state index in [0.29, 0.717) is 5.17 Å². The second kappa shape index (κ2) is 3.88. The zero-order chi connectivity index (χ0) is 8.27. The monoisotopic (exact) mass is 231 g/mol. The first kappa shape index (κ1) is 8.75. The van der Waals surface area contributed by atoms with Gasteiger partial charge in [0.2, 0.25) is 0 Å². The Kier molecular flexibility index (Phi) is 3.09. The van der Waals surface area contributed by atoms with Crippen molar-refractivity contribution in [1.29, 1.82) is 0 Å². The van der Waals surface area contributed by atoms with Crippen molar-refractivity contribution in [3.8, 4) is 0 Å². The number of hydrogen-bond acceptors (Lipinski definition) is 1. The second-order valence-corrected chi connectivity index (χ2v) is 3.29. The molecule has 0 aliphatic heterocycles. The van der Waals surface area contributed by atoms with Crippen LogP contribution in [-0.2, 0) is 0 Å². The third-order valence-corrected chi connectivity index (χ3v) is 2.19. The maximum absolute atomic E-state index is 5.78. The molecule has 0 N–H and O–H groups in total. The molecular weight excluding hydrogens is 225 g/mol. The van der Waals surface area contributed by atoms with Crippen LogP contribution in [0.15, 0.2) is 33.7 Å². The van der Waals surface area contributed by atoms with E-state index in [1.807, 2.05) is 24.3 Å². The van der Waals surface area contributed by atoms with Gasteiger partial charge in [-0.25, -0.2) is 0 Å². The van der Waals surface area contributed by atoms with Gasteiger partial charge in [-0.05, 0) is 12.1 Å². The van der Waals surface area contributed by atoms with Gasteiger partial charge < -0.3 is 0 Å². The Bertz CT molecular complexity index is 266. The van der Waals surface area contributed by atoms with E-state index in [-0.39, 0.29) is 0 Å². The number of hydrogen-bond donors (Lipinski definition) is 0. The highest BCUT2D eigenvalue weighted by molar-refractivity contribution is 9.10. The molecule has 0 atom stereocenters. The predicted molar refractivity (Wildman–Crippen MR) is 52.5 cm³/mol. The maximum Gasteiger partial charge on any atom is 0.130 e. The van der Waals surface area contributed by atoms with Crippen LogP contribution in [0.3, 0.4) is 0 Å². The average molecular weight is 233 g/mol. The van der Waals surface area contributed by atoms with Crippen molar-refractivity contribution in [3.63, 3.8) is 0 Å². The van der Waals surface area contributed by atoms with Crippen LogP contribution >= 0.6 is 27.5 Å². The largest absolute Gasteiger partial charge is 0.276 e. The molecule has 0 spiro atoms. The van der Waals surface area contributed by atoms with Crippen LogP contribution in [0, 0.1) is 0 Å². The molecule has 0 fully saturated rings. The molecule has 1 aromatic carbocycles. The summed E-state index contributed by atoms with van der Waals surface area (Å²) in [6.07, 6.45) is 0. The molecule has 0 radical (unpaired) electrons. The fourth-order valence-corrected chi connectivity index (χ4v) is 1.11. The summed E-state index contributed by atoms with van der Waals surface area (Å²) in [5, 5.41) is 0.539. The third-order valence-electron chi connectivity index (χ3n) is 1.28. The van der Waals surface area contributed by atoms with Crippen molar-refractivity contribution in [3.05, 3.63) is 34.3 Å². The van der Waals surface area contributed by atoms with Crippen molar-refractivity contribution in [1.82, 2.24) is 0 Å². The summed E-state index contributed by atoms with van der Waals surface area (Å²) in [4.78, 5) is 3.86.